The number of alkyl halides is 3. The molecule has 1 saturated heterocycles. The first kappa shape index (κ1) is 16.7. The van der Waals surface area contributed by atoms with Crippen molar-refractivity contribution in [1.29, 1.82) is 0 Å². The van der Waals surface area contributed by atoms with E-state index in [9.17, 15) is 22.8 Å². The van der Waals surface area contributed by atoms with Gasteiger partial charge in [-0.05, 0) is 37.3 Å². The van der Waals surface area contributed by atoms with Crippen molar-refractivity contribution < 1.29 is 22.8 Å². The molecule has 2 rings (SSSR count). The number of carbonyl (C=O) groups excluding carboxylic acids is 2. The molecule has 0 radical (unpaired) electrons. The van der Waals surface area contributed by atoms with Crippen LogP contribution in [-0.2, 0) is 9.59 Å². The van der Waals surface area contributed by atoms with Crippen molar-refractivity contribution in [2.45, 2.75) is 30.0 Å². The number of nitrogens with zero attached hydrogens (tertiary/aromatic N) is 1. The fourth-order valence-corrected chi connectivity index (χ4v) is 2.83. The number of benzene rings is 1. The number of amides is 2. The molecule has 120 valence electrons. The number of carbonyl (C=O) groups is 2. The molecule has 2 amide bonds. The van der Waals surface area contributed by atoms with Crippen LogP contribution in [-0.4, -0.2) is 41.7 Å². The number of anilines is 1. The third-order valence-electron chi connectivity index (χ3n) is 3.40. The Morgan fingerprint density at radius 2 is 2.09 bits per heavy atom. The van der Waals surface area contributed by atoms with E-state index in [2.05, 4.69) is 5.32 Å². The van der Waals surface area contributed by atoms with Crippen molar-refractivity contribution in [3.63, 3.8) is 0 Å². The summed E-state index contributed by atoms with van der Waals surface area (Å²) in [6.45, 7) is -0.0543. The van der Waals surface area contributed by atoms with Gasteiger partial charge < -0.3 is 10.2 Å². The van der Waals surface area contributed by atoms with Crippen molar-refractivity contribution in [1.82, 2.24) is 4.90 Å². The minimum atomic E-state index is -4.96. The first-order valence-corrected chi connectivity index (χ1v) is 7.88. The molecule has 1 N–H and O–H groups in total. The van der Waals surface area contributed by atoms with Gasteiger partial charge in [0.15, 0.2) is 0 Å². The molecule has 8 heteroatoms. The number of nitrogens with one attached hydrogen (secondary N) is 1. The topological polar surface area (TPSA) is 49.4 Å². The van der Waals surface area contributed by atoms with Gasteiger partial charge >= 0.3 is 12.1 Å². The molecule has 0 aliphatic carbocycles. The van der Waals surface area contributed by atoms with Gasteiger partial charge in [-0.25, -0.2) is 0 Å². The Hall–Kier alpha value is -1.70. The second-order valence-corrected chi connectivity index (χ2v) is 5.76. The van der Waals surface area contributed by atoms with E-state index in [1.54, 1.807) is 18.2 Å². The lowest BCUT2D eigenvalue weighted by Gasteiger charge is -2.24. The van der Waals surface area contributed by atoms with Crippen LogP contribution in [0.3, 0.4) is 0 Å². The molecule has 1 heterocycles. The molecule has 0 aromatic heterocycles. The van der Waals surface area contributed by atoms with E-state index in [1.807, 2.05) is 12.3 Å². The van der Waals surface area contributed by atoms with Crippen LogP contribution in [0.15, 0.2) is 29.2 Å². The summed E-state index contributed by atoms with van der Waals surface area (Å²) in [5.74, 6) is -2.55. The standard InChI is InChI=1S/C14H15F3N2O2S/c1-22-10-5-2-4-9(8-10)18-12(20)11-6-3-7-19(11)13(21)14(15,16)17/h2,4-5,8,11H,3,6-7H2,1H3,(H,18,20). The summed E-state index contributed by atoms with van der Waals surface area (Å²) >= 11 is 1.49. The van der Waals surface area contributed by atoms with Crippen molar-refractivity contribution in [2.75, 3.05) is 18.1 Å². The van der Waals surface area contributed by atoms with Crippen LogP contribution in [0.5, 0.6) is 0 Å². The predicted molar refractivity (Wildman–Crippen MR) is 77.6 cm³/mol. The van der Waals surface area contributed by atoms with Gasteiger partial charge in [0.25, 0.3) is 0 Å². The minimum absolute atomic E-state index is 0.0543. The van der Waals surface area contributed by atoms with Gasteiger partial charge in [0, 0.05) is 17.1 Å². The van der Waals surface area contributed by atoms with Crippen molar-refractivity contribution in [3.05, 3.63) is 24.3 Å². The maximum Gasteiger partial charge on any atom is 0.471 e. The first-order chi connectivity index (χ1) is 10.3. The van der Waals surface area contributed by atoms with Crippen molar-refractivity contribution >= 4 is 29.3 Å². The van der Waals surface area contributed by atoms with Gasteiger partial charge in [-0.15, -0.1) is 11.8 Å². The molecule has 1 fully saturated rings. The fraction of sp³-hybridized carbons (Fsp3) is 0.429. The maximum atomic E-state index is 12.5. The lowest BCUT2D eigenvalue weighted by atomic mass is 10.2. The largest absolute Gasteiger partial charge is 0.471 e. The van der Waals surface area contributed by atoms with Crippen molar-refractivity contribution in [3.8, 4) is 0 Å². The second kappa shape index (κ2) is 6.60. The molecule has 4 nitrogen and oxygen atoms in total. The molecule has 22 heavy (non-hydrogen) atoms. The number of likely N-dealkylation sites (tertiary alicyclic amines) is 1. The Morgan fingerprint density at radius 3 is 2.73 bits per heavy atom. The first-order valence-electron chi connectivity index (χ1n) is 6.65. The highest BCUT2D eigenvalue weighted by atomic mass is 32.2. The van der Waals surface area contributed by atoms with Crippen LogP contribution in [0.1, 0.15) is 12.8 Å². The van der Waals surface area contributed by atoms with E-state index in [4.69, 9.17) is 0 Å². The molecule has 1 aromatic rings. The van der Waals surface area contributed by atoms with Crippen LogP contribution in [0.4, 0.5) is 18.9 Å². The van der Waals surface area contributed by atoms with Crippen molar-refractivity contribution in [2.24, 2.45) is 0 Å². The smallest absolute Gasteiger partial charge is 0.324 e. The number of hydrogen-bond acceptors (Lipinski definition) is 3. The maximum absolute atomic E-state index is 12.5. The normalized spacial score (nSPS) is 18.4. The summed E-state index contributed by atoms with van der Waals surface area (Å²) in [7, 11) is 0. The zero-order chi connectivity index (χ0) is 16.3. The predicted octanol–water partition coefficient (Wildman–Crippen LogP) is 2.90. The lowest BCUT2D eigenvalue weighted by molar-refractivity contribution is -0.186. The van der Waals surface area contributed by atoms with E-state index >= 15 is 0 Å². The summed E-state index contributed by atoms with van der Waals surface area (Å²) in [4.78, 5) is 25.1. The number of halogens is 3. The van der Waals surface area contributed by atoms with Gasteiger partial charge in [-0.2, -0.15) is 13.2 Å². The third-order valence-corrected chi connectivity index (χ3v) is 4.12. The summed E-state index contributed by atoms with van der Waals surface area (Å²) in [5, 5.41) is 2.58. The highest BCUT2D eigenvalue weighted by Gasteiger charge is 2.47. The number of rotatable bonds is 3. The molecule has 0 saturated carbocycles. The molecule has 1 aliphatic heterocycles. The number of thioether (sulfide) groups is 1. The van der Waals surface area contributed by atoms with Gasteiger partial charge in [0.2, 0.25) is 5.91 Å². The molecule has 1 atom stereocenters. The molecule has 1 aliphatic rings. The zero-order valence-corrected chi connectivity index (χ0v) is 12.6. The van der Waals surface area contributed by atoms with Crippen LogP contribution in [0.2, 0.25) is 0 Å². The van der Waals surface area contributed by atoms with Gasteiger partial charge in [0.1, 0.15) is 6.04 Å². The Bertz CT molecular complexity index is 577. The van der Waals surface area contributed by atoms with Gasteiger partial charge in [0.05, 0.1) is 0 Å². The zero-order valence-electron chi connectivity index (χ0n) is 11.8. The molecule has 1 unspecified atom stereocenters. The molecule has 1 aromatic carbocycles. The highest BCUT2D eigenvalue weighted by Crippen LogP contribution is 2.27. The quantitative estimate of drug-likeness (QED) is 0.866. The Morgan fingerprint density at radius 1 is 1.36 bits per heavy atom. The van der Waals surface area contributed by atoms with Gasteiger partial charge in [-0.3, -0.25) is 9.59 Å². The van der Waals surface area contributed by atoms with E-state index in [-0.39, 0.29) is 13.0 Å². The monoisotopic (exact) mass is 332 g/mol. The molecule has 0 bridgehead atoms. The van der Waals surface area contributed by atoms with Crippen LogP contribution >= 0.6 is 11.8 Å². The Kier molecular flexibility index (Phi) is 5.00. The van der Waals surface area contributed by atoms with Crippen LogP contribution < -0.4 is 5.32 Å². The van der Waals surface area contributed by atoms with E-state index in [1.165, 1.54) is 11.8 Å². The van der Waals surface area contributed by atoms with E-state index in [0.29, 0.717) is 17.0 Å². The lowest BCUT2D eigenvalue weighted by Crippen LogP contribution is -2.48. The van der Waals surface area contributed by atoms with Crippen LogP contribution in [0.25, 0.3) is 0 Å². The van der Waals surface area contributed by atoms with Gasteiger partial charge in [-0.1, -0.05) is 6.07 Å². The fourth-order valence-electron chi connectivity index (χ4n) is 2.37. The molecule has 0 spiro atoms. The minimum Gasteiger partial charge on any atom is -0.324 e. The summed E-state index contributed by atoms with van der Waals surface area (Å²) in [6.07, 6.45) is -2.47. The Balaban J connectivity index is 2.09. The summed E-state index contributed by atoms with van der Waals surface area (Å²) in [6, 6.07) is 5.91. The summed E-state index contributed by atoms with van der Waals surface area (Å²) in [5.41, 5.74) is 0.503. The molecular weight excluding hydrogens is 317 g/mol. The average Bonchev–Trinajstić information content (AvgIpc) is 2.95. The second-order valence-electron chi connectivity index (χ2n) is 4.88. The Labute approximate surface area is 130 Å². The van der Waals surface area contributed by atoms with Crippen LogP contribution in [0, 0.1) is 0 Å². The number of hydrogen-bond donors (Lipinski definition) is 1. The highest BCUT2D eigenvalue weighted by molar-refractivity contribution is 7.98. The van der Waals surface area contributed by atoms with E-state index in [0.717, 1.165) is 4.90 Å². The average molecular weight is 332 g/mol. The summed E-state index contributed by atoms with van der Waals surface area (Å²) < 4.78 is 37.6. The SMILES string of the molecule is CSc1cccc(NC(=O)C2CCCN2C(=O)C(F)(F)F)c1. The van der Waals surface area contributed by atoms with E-state index < -0.39 is 24.0 Å². The third kappa shape index (κ3) is 3.73. The molecular formula is C14H15F3N2O2S.